The normalized spacial score (nSPS) is 8.93. The van der Waals surface area contributed by atoms with Crippen molar-refractivity contribution in [1.29, 1.82) is 5.26 Å². The molecule has 6 heteroatoms. The van der Waals surface area contributed by atoms with E-state index in [9.17, 15) is 5.02 Å². The molecule has 0 aliphatic rings. The van der Waals surface area contributed by atoms with Crippen LogP contribution in [0.15, 0.2) is 18.2 Å². The number of nitrogens with zero attached hydrogens (tertiary/aromatic N) is 1. The topological polar surface area (TPSA) is 71.7 Å². The van der Waals surface area contributed by atoms with E-state index in [0.29, 0.717) is 17.0 Å². The molecule has 0 bridgehead atoms. The summed E-state index contributed by atoms with van der Waals surface area (Å²) in [5.74, 6) is 0.800. The Morgan fingerprint density at radius 3 is 2.20 bits per heavy atom. The van der Waals surface area contributed by atoms with E-state index >= 15 is 0 Å². The van der Waals surface area contributed by atoms with Crippen molar-refractivity contribution in [3.05, 3.63) is 18.2 Å². The quantitative estimate of drug-likeness (QED) is 0.550. The van der Waals surface area contributed by atoms with E-state index in [0.717, 1.165) is 0 Å². The lowest BCUT2D eigenvalue weighted by molar-refractivity contribution is 0.377. The maximum Gasteiger partial charge on any atom is 0.577 e. The third-order valence-electron chi connectivity index (χ3n) is 1.88. The van der Waals surface area contributed by atoms with Crippen LogP contribution in [0.3, 0.4) is 0 Å². The molecule has 0 heterocycles. The maximum atomic E-state index is 9.54. The first kappa shape index (κ1) is 11.2. The van der Waals surface area contributed by atoms with E-state index in [1.807, 2.05) is 0 Å². The predicted molar refractivity (Wildman–Crippen MR) is 53.9 cm³/mol. The van der Waals surface area contributed by atoms with Gasteiger partial charge < -0.3 is 19.2 Å². The van der Waals surface area contributed by atoms with Crippen molar-refractivity contribution < 1.29 is 19.2 Å². The Hall–Kier alpha value is -1.87. The number of nitriles is 1. The van der Waals surface area contributed by atoms with Gasteiger partial charge in [-0.25, -0.2) is 0 Å². The minimum absolute atomic E-state index is 0.295. The molecule has 0 aromatic heterocycles. The summed E-state index contributed by atoms with van der Waals surface area (Å²) in [5, 5.41) is 17.9. The van der Waals surface area contributed by atoms with Crippen LogP contribution in [0, 0.1) is 11.5 Å². The van der Waals surface area contributed by atoms with Crippen molar-refractivity contribution in [3.63, 3.8) is 0 Å². The summed E-state index contributed by atoms with van der Waals surface area (Å²) in [7, 11) is 1.52. The first-order chi connectivity index (χ1) is 7.24. The number of rotatable bonds is 4. The van der Waals surface area contributed by atoms with Crippen LogP contribution in [0.2, 0.25) is 0 Å². The van der Waals surface area contributed by atoms with Crippen molar-refractivity contribution in [2.24, 2.45) is 0 Å². The molecule has 1 aromatic rings. The first-order valence-electron chi connectivity index (χ1n) is 4.18. The fraction of sp³-hybridized carbons (Fsp3) is 0.222. The van der Waals surface area contributed by atoms with Gasteiger partial charge in [-0.1, -0.05) is 6.07 Å². The average molecular weight is 207 g/mol. The zero-order valence-corrected chi connectivity index (χ0v) is 8.43. The lowest BCUT2D eigenvalue weighted by atomic mass is 9.78. The van der Waals surface area contributed by atoms with Crippen LogP contribution in [0.25, 0.3) is 0 Å². The zero-order chi connectivity index (χ0) is 11.3. The Balaban J connectivity index is 3.16. The molecule has 5 nitrogen and oxygen atoms in total. The minimum Gasteiger partial charge on any atom is -0.497 e. The van der Waals surface area contributed by atoms with Crippen molar-refractivity contribution in [3.8, 4) is 17.8 Å². The van der Waals surface area contributed by atoms with E-state index in [4.69, 9.17) is 14.7 Å². The summed E-state index contributed by atoms with van der Waals surface area (Å²) in [5.41, 5.74) is 0.295. The molecule has 0 saturated heterocycles. The molecular weight excluding hydrogens is 197 g/mol. The Labute approximate surface area is 87.9 Å². The summed E-state index contributed by atoms with van der Waals surface area (Å²) in [6, 6.07) is 4.99. The molecule has 0 fully saturated rings. The minimum atomic E-state index is -1.39. The highest BCUT2D eigenvalue weighted by molar-refractivity contribution is 6.62. The van der Waals surface area contributed by atoms with Crippen molar-refractivity contribution in [2.45, 2.75) is 0 Å². The van der Waals surface area contributed by atoms with Gasteiger partial charge in [0.1, 0.15) is 11.5 Å². The molecule has 0 spiro atoms. The lowest BCUT2D eigenvalue weighted by Gasteiger charge is -2.12. The summed E-state index contributed by atoms with van der Waals surface area (Å²) >= 11 is 0. The third kappa shape index (κ3) is 2.33. The maximum absolute atomic E-state index is 9.54. The van der Waals surface area contributed by atoms with Crippen molar-refractivity contribution >= 4 is 12.6 Å². The Bertz CT molecular complexity index is 355. The molecular formula is C9H10BNO4. The highest BCUT2D eigenvalue weighted by atomic mass is 16.5. The zero-order valence-electron chi connectivity index (χ0n) is 8.43. The van der Waals surface area contributed by atoms with Crippen LogP contribution in [-0.4, -0.2) is 26.4 Å². The van der Waals surface area contributed by atoms with Crippen molar-refractivity contribution in [1.82, 2.24) is 0 Å². The van der Waals surface area contributed by atoms with E-state index in [-0.39, 0.29) is 0 Å². The van der Waals surface area contributed by atoms with Crippen LogP contribution in [-0.2, 0) is 4.65 Å². The van der Waals surface area contributed by atoms with Gasteiger partial charge in [0, 0.05) is 0 Å². The van der Waals surface area contributed by atoms with E-state index < -0.39 is 7.12 Å². The van der Waals surface area contributed by atoms with Gasteiger partial charge in [0.15, 0.2) is 0 Å². The lowest BCUT2D eigenvalue weighted by Crippen LogP contribution is -2.34. The molecule has 78 valence electrons. The van der Waals surface area contributed by atoms with Crippen LogP contribution in [0.4, 0.5) is 0 Å². The Kier molecular flexibility index (Phi) is 3.83. The largest absolute Gasteiger partial charge is 0.577 e. The summed E-state index contributed by atoms with van der Waals surface area (Å²) in [6.07, 6.45) is 1.41. The highest BCUT2D eigenvalue weighted by Gasteiger charge is 2.27. The number of hydrogen-bond donors (Lipinski definition) is 1. The standard InChI is InChI=1S/C9H10BNO4/c1-13-7-4-3-5-8(14-2)9(7)10(12)15-6-11/h3-5,12H,1-2H3. The number of hydrogen-bond acceptors (Lipinski definition) is 5. The van der Waals surface area contributed by atoms with Gasteiger partial charge in [-0.3, -0.25) is 0 Å². The molecule has 1 N–H and O–H groups in total. The van der Waals surface area contributed by atoms with Gasteiger partial charge in [-0.15, -0.1) is 0 Å². The molecule has 1 aromatic carbocycles. The van der Waals surface area contributed by atoms with Crippen LogP contribution in [0.1, 0.15) is 0 Å². The fourth-order valence-corrected chi connectivity index (χ4v) is 1.23. The first-order valence-corrected chi connectivity index (χ1v) is 4.18. The number of methoxy groups -OCH3 is 2. The number of ether oxygens (including phenoxy) is 2. The fourth-order valence-electron chi connectivity index (χ4n) is 1.23. The van der Waals surface area contributed by atoms with Crippen LogP contribution >= 0.6 is 0 Å². The molecule has 0 aliphatic carbocycles. The molecule has 0 saturated carbocycles. The van der Waals surface area contributed by atoms with E-state index in [1.54, 1.807) is 18.2 Å². The van der Waals surface area contributed by atoms with Crippen molar-refractivity contribution in [2.75, 3.05) is 14.2 Å². The monoisotopic (exact) mass is 207 g/mol. The molecule has 1 rings (SSSR count). The third-order valence-corrected chi connectivity index (χ3v) is 1.88. The smallest absolute Gasteiger partial charge is 0.497 e. The summed E-state index contributed by atoms with van der Waals surface area (Å²) < 4.78 is 14.5. The van der Waals surface area contributed by atoms with Crippen LogP contribution in [0.5, 0.6) is 11.5 Å². The van der Waals surface area contributed by atoms with Gasteiger partial charge in [0.25, 0.3) is 6.26 Å². The predicted octanol–water partition coefficient (Wildman–Crippen LogP) is -0.111. The highest BCUT2D eigenvalue weighted by Crippen LogP contribution is 2.16. The van der Waals surface area contributed by atoms with Gasteiger partial charge in [-0.2, -0.15) is 5.26 Å². The SMILES string of the molecule is COc1cccc(OC)c1B(O)OC#N. The molecule has 0 atom stereocenters. The van der Waals surface area contributed by atoms with E-state index in [1.165, 1.54) is 20.5 Å². The molecule has 0 radical (unpaired) electrons. The van der Waals surface area contributed by atoms with Gasteiger partial charge >= 0.3 is 7.12 Å². The second-order valence-corrected chi connectivity index (χ2v) is 2.64. The Morgan fingerprint density at radius 2 is 1.80 bits per heavy atom. The van der Waals surface area contributed by atoms with Crippen LogP contribution < -0.4 is 14.9 Å². The second-order valence-electron chi connectivity index (χ2n) is 2.64. The number of benzene rings is 1. The average Bonchev–Trinajstić information content (AvgIpc) is 2.28. The summed E-state index contributed by atoms with van der Waals surface area (Å²) in [6.45, 7) is 0. The second kappa shape index (κ2) is 5.12. The molecule has 15 heavy (non-hydrogen) atoms. The Morgan fingerprint density at radius 1 is 1.27 bits per heavy atom. The van der Waals surface area contributed by atoms with Gasteiger partial charge in [0.2, 0.25) is 0 Å². The molecule has 0 unspecified atom stereocenters. The summed E-state index contributed by atoms with van der Waals surface area (Å²) in [4.78, 5) is 0. The molecule has 0 aliphatic heterocycles. The van der Waals surface area contributed by atoms with Gasteiger partial charge in [0.05, 0.1) is 19.7 Å². The van der Waals surface area contributed by atoms with E-state index in [2.05, 4.69) is 4.65 Å². The van der Waals surface area contributed by atoms with Gasteiger partial charge in [-0.05, 0) is 12.1 Å². The molecule has 0 amide bonds.